The van der Waals surface area contributed by atoms with Gasteiger partial charge in [-0.2, -0.15) is 4.31 Å². The van der Waals surface area contributed by atoms with Crippen LogP contribution >= 0.6 is 0 Å². The summed E-state index contributed by atoms with van der Waals surface area (Å²) in [5.41, 5.74) is 4.07. The van der Waals surface area contributed by atoms with Gasteiger partial charge in [-0.15, -0.1) is 0 Å². The Morgan fingerprint density at radius 3 is 2.23 bits per heavy atom. The second kappa shape index (κ2) is 8.51. The number of amides is 1. The van der Waals surface area contributed by atoms with Crippen LogP contribution in [0.1, 0.15) is 29.5 Å². The van der Waals surface area contributed by atoms with Crippen LogP contribution in [0.3, 0.4) is 0 Å². The van der Waals surface area contributed by atoms with Crippen LogP contribution in [0, 0.1) is 26.7 Å². The number of hydrogen-bond acceptors (Lipinski definition) is 5. The maximum Gasteiger partial charge on any atom is 0.243 e. The lowest BCUT2D eigenvalue weighted by Crippen LogP contribution is -2.41. The molecule has 1 amide bonds. The molecule has 0 unspecified atom stereocenters. The van der Waals surface area contributed by atoms with E-state index >= 15 is 0 Å². The molecule has 0 aliphatic carbocycles. The number of carbonyl (C=O) groups is 1. The summed E-state index contributed by atoms with van der Waals surface area (Å²) in [6.45, 7) is 7.47. The quantitative estimate of drug-likeness (QED) is 0.781. The molecule has 0 radical (unpaired) electrons. The standard InChI is InChI=1S/C23H28N2O5S/c1-15-12-16(2)22(17(3)13-15)24-23(26)18-6-8-25(9-7-18)31(27,28)19-4-5-20-21(14-19)30-11-10-29-20/h4-5,12-14,18H,6-11H2,1-3H3,(H,24,26). The smallest absolute Gasteiger partial charge is 0.243 e. The van der Waals surface area contributed by atoms with Crippen LogP contribution in [0.5, 0.6) is 11.5 Å². The molecule has 2 heterocycles. The maximum absolute atomic E-state index is 13.1. The molecule has 2 aliphatic heterocycles. The van der Waals surface area contributed by atoms with E-state index in [1.807, 2.05) is 32.9 Å². The molecular formula is C23H28N2O5S. The first-order valence-corrected chi connectivity index (χ1v) is 12.0. The molecule has 4 rings (SSSR count). The Balaban J connectivity index is 1.42. The number of benzene rings is 2. The lowest BCUT2D eigenvalue weighted by Gasteiger charge is -2.31. The third-order valence-electron chi connectivity index (χ3n) is 5.90. The summed E-state index contributed by atoms with van der Waals surface area (Å²) < 4.78 is 38.6. The van der Waals surface area contributed by atoms with Gasteiger partial charge in [0.05, 0.1) is 4.90 Å². The zero-order chi connectivity index (χ0) is 22.2. The fraction of sp³-hybridized carbons (Fsp3) is 0.435. The Morgan fingerprint density at radius 2 is 1.58 bits per heavy atom. The van der Waals surface area contributed by atoms with E-state index in [-0.39, 0.29) is 16.7 Å². The molecule has 0 aromatic heterocycles. The van der Waals surface area contributed by atoms with Crippen LogP contribution < -0.4 is 14.8 Å². The number of hydrogen-bond donors (Lipinski definition) is 1. The fourth-order valence-corrected chi connectivity index (χ4v) is 5.78. The van der Waals surface area contributed by atoms with Gasteiger partial charge in [0, 0.05) is 30.8 Å². The van der Waals surface area contributed by atoms with Gasteiger partial charge in [0.1, 0.15) is 13.2 Å². The number of nitrogens with one attached hydrogen (secondary N) is 1. The number of anilines is 1. The molecule has 2 aromatic carbocycles. The highest BCUT2D eigenvalue weighted by atomic mass is 32.2. The first kappa shape index (κ1) is 21.6. The molecule has 7 nitrogen and oxygen atoms in total. The molecule has 166 valence electrons. The molecule has 2 aliphatic rings. The predicted molar refractivity (Wildman–Crippen MR) is 118 cm³/mol. The molecule has 31 heavy (non-hydrogen) atoms. The molecule has 1 fully saturated rings. The summed E-state index contributed by atoms with van der Waals surface area (Å²) in [5.74, 6) is 0.742. The van der Waals surface area contributed by atoms with Crippen molar-refractivity contribution in [1.29, 1.82) is 0 Å². The van der Waals surface area contributed by atoms with Crippen LogP contribution in [0.4, 0.5) is 5.69 Å². The molecule has 2 aromatic rings. The van der Waals surface area contributed by atoms with Crippen molar-refractivity contribution < 1.29 is 22.7 Å². The Morgan fingerprint density at radius 1 is 0.968 bits per heavy atom. The minimum absolute atomic E-state index is 0.0496. The van der Waals surface area contributed by atoms with Gasteiger partial charge in [0.2, 0.25) is 15.9 Å². The first-order valence-electron chi connectivity index (χ1n) is 10.5. The minimum Gasteiger partial charge on any atom is -0.486 e. The molecule has 0 spiro atoms. The molecule has 1 saturated heterocycles. The summed E-state index contributed by atoms with van der Waals surface area (Å²) in [4.78, 5) is 13.0. The molecule has 0 atom stereocenters. The maximum atomic E-state index is 13.1. The van der Waals surface area contributed by atoms with Crippen molar-refractivity contribution in [2.75, 3.05) is 31.6 Å². The third kappa shape index (κ3) is 4.41. The number of rotatable bonds is 4. The molecule has 8 heteroatoms. The highest BCUT2D eigenvalue weighted by Crippen LogP contribution is 2.34. The van der Waals surface area contributed by atoms with Crippen LogP contribution in [-0.4, -0.2) is 44.9 Å². The van der Waals surface area contributed by atoms with Gasteiger partial charge >= 0.3 is 0 Å². The van der Waals surface area contributed by atoms with Gasteiger partial charge < -0.3 is 14.8 Å². The monoisotopic (exact) mass is 444 g/mol. The second-order valence-corrected chi connectivity index (χ2v) is 10.2. The van der Waals surface area contributed by atoms with E-state index in [1.165, 1.54) is 10.4 Å². The van der Waals surface area contributed by atoms with Crippen molar-refractivity contribution in [1.82, 2.24) is 4.31 Å². The summed E-state index contributed by atoms with van der Waals surface area (Å²) >= 11 is 0. The Labute approximate surface area is 183 Å². The first-order chi connectivity index (χ1) is 14.8. The normalized spacial score (nSPS) is 17.4. The summed E-state index contributed by atoms with van der Waals surface area (Å²) in [6.07, 6.45) is 0.971. The highest BCUT2D eigenvalue weighted by Gasteiger charge is 2.33. The van der Waals surface area contributed by atoms with Crippen molar-refractivity contribution in [3.63, 3.8) is 0 Å². The van der Waals surface area contributed by atoms with Crippen molar-refractivity contribution >= 4 is 21.6 Å². The Kier molecular flexibility index (Phi) is 5.94. The molecule has 0 saturated carbocycles. The minimum atomic E-state index is -3.66. The van der Waals surface area contributed by atoms with E-state index < -0.39 is 10.0 Å². The largest absolute Gasteiger partial charge is 0.486 e. The van der Waals surface area contributed by atoms with Crippen LogP contribution in [0.15, 0.2) is 35.2 Å². The number of sulfonamides is 1. The van der Waals surface area contributed by atoms with E-state index in [2.05, 4.69) is 5.32 Å². The predicted octanol–water partition coefficient (Wildman–Crippen LogP) is 3.42. The number of carbonyl (C=O) groups excluding carboxylic acids is 1. The lowest BCUT2D eigenvalue weighted by molar-refractivity contribution is -0.120. The number of nitrogens with zero attached hydrogens (tertiary/aromatic N) is 1. The topological polar surface area (TPSA) is 84.9 Å². The summed E-state index contributed by atoms with van der Waals surface area (Å²) in [6, 6.07) is 8.79. The van der Waals surface area contributed by atoms with Crippen molar-refractivity contribution in [2.45, 2.75) is 38.5 Å². The van der Waals surface area contributed by atoms with Crippen molar-refractivity contribution in [3.05, 3.63) is 47.0 Å². The van der Waals surface area contributed by atoms with Crippen LogP contribution in [-0.2, 0) is 14.8 Å². The number of ether oxygens (including phenoxy) is 2. The average Bonchev–Trinajstić information content (AvgIpc) is 2.75. The van der Waals surface area contributed by atoms with E-state index in [0.29, 0.717) is 50.6 Å². The van der Waals surface area contributed by atoms with Gasteiger partial charge in [-0.3, -0.25) is 4.79 Å². The van der Waals surface area contributed by atoms with Gasteiger partial charge in [0.15, 0.2) is 11.5 Å². The van der Waals surface area contributed by atoms with E-state index in [1.54, 1.807) is 12.1 Å². The van der Waals surface area contributed by atoms with Gasteiger partial charge in [0.25, 0.3) is 0 Å². The van der Waals surface area contributed by atoms with E-state index in [9.17, 15) is 13.2 Å². The summed E-state index contributed by atoms with van der Waals surface area (Å²) in [7, 11) is -3.66. The van der Waals surface area contributed by atoms with Crippen molar-refractivity contribution in [3.8, 4) is 11.5 Å². The third-order valence-corrected chi connectivity index (χ3v) is 7.80. The van der Waals surface area contributed by atoms with Crippen LogP contribution in [0.25, 0.3) is 0 Å². The zero-order valence-electron chi connectivity index (χ0n) is 18.1. The lowest BCUT2D eigenvalue weighted by atomic mass is 9.96. The average molecular weight is 445 g/mol. The number of fused-ring (bicyclic) bond motifs is 1. The molecule has 1 N–H and O–H groups in total. The van der Waals surface area contributed by atoms with E-state index in [0.717, 1.165) is 22.4 Å². The summed E-state index contributed by atoms with van der Waals surface area (Å²) in [5, 5.41) is 3.06. The number of piperidine rings is 1. The van der Waals surface area contributed by atoms with E-state index in [4.69, 9.17) is 9.47 Å². The highest BCUT2D eigenvalue weighted by molar-refractivity contribution is 7.89. The molecule has 0 bridgehead atoms. The second-order valence-electron chi connectivity index (χ2n) is 8.25. The number of aryl methyl sites for hydroxylation is 3. The van der Waals surface area contributed by atoms with Crippen LogP contribution in [0.2, 0.25) is 0 Å². The Hall–Kier alpha value is -2.58. The molecular weight excluding hydrogens is 416 g/mol. The van der Waals surface area contributed by atoms with Gasteiger partial charge in [-0.1, -0.05) is 17.7 Å². The van der Waals surface area contributed by atoms with Gasteiger partial charge in [-0.05, 0) is 56.9 Å². The Bertz CT molecular complexity index is 1080. The fourth-order valence-electron chi connectivity index (χ4n) is 4.29. The van der Waals surface area contributed by atoms with Gasteiger partial charge in [-0.25, -0.2) is 8.42 Å². The SMILES string of the molecule is Cc1cc(C)c(NC(=O)C2CCN(S(=O)(=O)c3ccc4c(c3)OCCO4)CC2)c(C)c1. The van der Waals surface area contributed by atoms with Crippen molar-refractivity contribution in [2.24, 2.45) is 5.92 Å². The zero-order valence-corrected chi connectivity index (χ0v) is 18.9.